The Morgan fingerprint density at radius 1 is 1.53 bits per heavy atom. The van der Waals surface area contributed by atoms with Crippen molar-refractivity contribution >= 4 is 22.9 Å². The molecule has 0 aromatic rings. The van der Waals surface area contributed by atoms with Crippen LogP contribution in [0.25, 0.3) is 0 Å². The Bertz CT molecular complexity index is 377. The van der Waals surface area contributed by atoms with Gasteiger partial charge < -0.3 is 9.64 Å². The molecule has 0 radical (unpaired) electrons. The molecule has 0 spiro atoms. The van der Waals surface area contributed by atoms with Gasteiger partial charge in [-0.3, -0.25) is 4.99 Å². The third-order valence-electron chi connectivity index (χ3n) is 2.75. The Kier molecular flexibility index (Phi) is 4.10. The Labute approximate surface area is 106 Å². The molecule has 0 N–H and O–H groups in total. The van der Waals surface area contributed by atoms with E-state index in [9.17, 15) is 4.79 Å². The number of hydrogen-bond donors (Lipinski definition) is 0. The highest BCUT2D eigenvalue weighted by Gasteiger charge is 2.34. The Hall–Kier alpha value is -0.970. The van der Waals surface area contributed by atoms with Gasteiger partial charge in [-0.1, -0.05) is 13.3 Å². The smallest absolute Gasteiger partial charge is 0.346 e. The van der Waals surface area contributed by atoms with E-state index >= 15 is 0 Å². The average molecular weight is 254 g/mol. The Morgan fingerprint density at radius 2 is 2.35 bits per heavy atom. The first-order valence-corrected chi connectivity index (χ1v) is 6.99. The fraction of sp³-hybridized carbons (Fsp3) is 0.667. The molecule has 0 aromatic heterocycles. The second kappa shape index (κ2) is 5.58. The molecule has 2 aliphatic heterocycles. The number of carbonyl (C=O) groups excluding carboxylic acids is 1. The van der Waals surface area contributed by atoms with E-state index in [1.54, 1.807) is 0 Å². The molecule has 0 atom stereocenters. The molecular formula is C12H18N2O2S. The molecule has 0 saturated carbocycles. The largest absolute Gasteiger partial charge is 0.462 e. The van der Waals surface area contributed by atoms with E-state index in [4.69, 9.17) is 4.74 Å². The van der Waals surface area contributed by atoms with Gasteiger partial charge >= 0.3 is 5.97 Å². The fourth-order valence-electron chi connectivity index (χ4n) is 2.04. The van der Waals surface area contributed by atoms with Crippen molar-refractivity contribution in [2.75, 3.05) is 19.7 Å². The molecule has 2 heterocycles. The van der Waals surface area contributed by atoms with Crippen LogP contribution in [0.1, 0.15) is 33.1 Å². The van der Waals surface area contributed by atoms with Gasteiger partial charge in [0.15, 0.2) is 5.17 Å². The molecule has 0 bridgehead atoms. The highest BCUT2D eigenvalue weighted by Crippen LogP contribution is 2.38. The van der Waals surface area contributed by atoms with Crippen LogP contribution in [0.5, 0.6) is 0 Å². The second-order valence-corrected chi connectivity index (χ2v) is 5.00. The van der Waals surface area contributed by atoms with Gasteiger partial charge in [-0.2, -0.15) is 0 Å². The fourth-order valence-corrected chi connectivity index (χ4v) is 3.16. The van der Waals surface area contributed by atoms with Crippen molar-refractivity contribution in [2.45, 2.75) is 33.1 Å². The molecular weight excluding hydrogens is 236 g/mol. The number of aliphatic imine (C=N–C) groups is 1. The van der Waals surface area contributed by atoms with Crippen LogP contribution in [-0.2, 0) is 9.53 Å². The van der Waals surface area contributed by atoms with Gasteiger partial charge in [0.25, 0.3) is 0 Å². The van der Waals surface area contributed by atoms with Gasteiger partial charge in [0, 0.05) is 18.8 Å². The van der Waals surface area contributed by atoms with Gasteiger partial charge in [-0.25, -0.2) is 4.79 Å². The van der Waals surface area contributed by atoms with E-state index < -0.39 is 0 Å². The van der Waals surface area contributed by atoms with E-state index in [0.29, 0.717) is 6.61 Å². The number of allylic oxidation sites excluding steroid dienone is 1. The summed E-state index contributed by atoms with van der Waals surface area (Å²) in [7, 11) is 0. The normalized spacial score (nSPS) is 19.2. The lowest BCUT2D eigenvalue weighted by molar-refractivity contribution is -0.137. The molecule has 4 nitrogen and oxygen atoms in total. The van der Waals surface area contributed by atoms with Gasteiger partial charge in [0.1, 0.15) is 4.91 Å². The number of esters is 1. The van der Waals surface area contributed by atoms with Crippen molar-refractivity contribution in [2.24, 2.45) is 4.99 Å². The van der Waals surface area contributed by atoms with Crippen molar-refractivity contribution in [1.29, 1.82) is 0 Å². The number of rotatable bonds is 4. The zero-order valence-electron chi connectivity index (χ0n) is 10.4. The molecule has 0 fully saturated rings. The van der Waals surface area contributed by atoms with Crippen LogP contribution in [0.2, 0.25) is 0 Å². The molecule has 17 heavy (non-hydrogen) atoms. The van der Waals surface area contributed by atoms with E-state index in [0.717, 1.165) is 48.1 Å². The lowest BCUT2D eigenvalue weighted by Gasteiger charge is -2.24. The lowest BCUT2D eigenvalue weighted by atomic mass is 10.2. The molecule has 2 aliphatic rings. The topological polar surface area (TPSA) is 41.9 Å². The third kappa shape index (κ3) is 2.49. The molecule has 0 saturated heterocycles. The first kappa shape index (κ1) is 12.5. The van der Waals surface area contributed by atoms with E-state index in [1.807, 2.05) is 6.92 Å². The summed E-state index contributed by atoms with van der Waals surface area (Å²) in [6, 6.07) is 0. The Balaban J connectivity index is 2.25. The minimum atomic E-state index is -0.196. The van der Waals surface area contributed by atoms with Crippen LogP contribution in [0.15, 0.2) is 15.6 Å². The SMILES string of the molecule is CCCC1=C(C(=O)OCC)SC2=NCCCN21. The minimum absolute atomic E-state index is 0.196. The number of ether oxygens (including phenoxy) is 1. The minimum Gasteiger partial charge on any atom is -0.462 e. The van der Waals surface area contributed by atoms with E-state index in [1.165, 1.54) is 11.8 Å². The van der Waals surface area contributed by atoms with Crippen molar-refractivity contribution in [1.82, 2.24) is 4.90 Å². The second-order valence-electron chi connectivity index (χ2n) is 4.02. The highest BCUT2D eigenvalue weighted by atomic mass is 32.2. The van der Waals surface area contributed by atoms with Crippen molar-refractivity contribution in [3.8, 4) is 0 Å². The van der Waals surface area contributed by atoms with Crippen LogP contribution in [0.4, 0.5) is 0 Å². The number of fused-ring (bicyclic) bond motifs is 1. The van der Waals surface area contributed by atoms with Crippen LogP contribution < -0.4 is 0 Å². The molecule has 0 unspecified atom stereocenters. The molecule has 0 amide bonds. The van der Waals surface area contributed by atoms with Gasteiger partial charge in [-0.15, -0.1) is 0 Å². The van der Waals surface area contributed by atoms with Crippen molar-refractivity contribution in [3.63, 3.8) is 0 Å². The first-order valence-electron chi connectivity index (χ1n) is 6.18. The summed E-state index contributed by atoms with van der Waals surface area (Å²) in [6.07, 6.45) is 3.01. The average Bonchev–Trinajstić information content (AvgIpc) is 2.70. The zero-order chi connectivity index (χ0) is 12.3. The predicted octanol–water partition coefficient (Wildman–Crippen LogP) is 2.37. The lowest BCUT2D eigenvalue weighted by Crippen LogP contribution is -2.29. The third-order valence-corrected chi connectivity index (χ3v) is 3.89. The number of carbonyl (C=O) groups is 1. The van der Waals surface area contributed by atoms with Gasteiger partial charge in [0.2, 0.25) is 0 Å². The summed E-state index contributed by atoms with van der Waals surface area (Å²) >= 11 is 1.47. The van der Waals surface area contributed by atoms with Crippen LogP contribution in [-0.4, -0.2) is 35.7 Å². The standard InChI is InChI=1S/C12H18N2O2S/c1-3-6-9-10(11(15)16-4-2)17-12-13-7-5-8-14(9)12/h3-8H2,1-2H3. The molecule has 2 rings (SSSR count). The van der Waals surface area contributed by atoms with Crippen LogP contribution >= 0.6 is 11.8 Å². The summed E-state index contributed by atoms with van der Waals surface area (Å²) in [5.74, 6) is -0.196. The number of thioether (sulfide) groups is 1. The monoisotopic (exact) mass is 254 g/mol. The van der Waals surface area contributed by atoms with E-state index in [-0.39, 0.29) is 5.97 Å². The molecule has 5 heteroatoms. The van der Waals surface area contributed by atoms with Gasteiger partial charge in [0.05, 0.1) is 6.61 Å². The number of amidine groups is 1. The summed E-state index contributed by atoms with van der Waals surface area (Å²) in [6.45, 7) is 6.23. The number of nitrogens with zero attached hydrogens (tertiary/aromatic N) is 2. The predicted molar refractivity (Wildman–Crippen MR) is 69.8 cm³/mol. The number of hydrogen-bond acceptors (Lipinski definition) is 5. The molecule has 94 valence electrons. The molecule has 0 aromatic carbocycles. The summed E-state index contributed by atoms with van der Waals surface area (Å²) < 4.78 is 5.11. The maximum Gasteiger partial charge on any atom is 0.346 e. The van der Waals surface area contributed by atoms with Gasteiger partial charge in [-0.05, 0) is 31.5 Å². The Morgan fingerprint density at radius 3 is 3.06 bits per heavy atom. The summed E-state index contributed by atoms with van der Waals surface area (Å²) in [5.41, 5.74) is 1.11. The maximum atomic E-state index is 11.9. The first-order chi connectivity index (χ1) is 8.27. The quantitative estimate of drug-likeness (QED) is 0.722. The molecule has 0 aliphatic carbocycles. The van der Waals surface area contributed by atoms with Crippen LogP contribution in [0.3, 0.4) is 0 Å². The van der Waals surface area contributed by atoms with E-state index in [2.05, 4.69) is 16.8 Å². The summed E-state index contributed by atoms with van der Waals surface area (Å²) in [5, 5.41) is 0.975. The zero-order valence-corrected chi connectivity index (χ0v) is 11.2. The maximum absolute atomic E-state index is 11.9. The van der Waals surface area contributed by atoms with Crippen LogP contribution in [0, 0.1) is 0 Å². The van der Waals surface area contributed by atoms with Crippen molar-refractivity contribution in [3.05, 3.63) is 10.6 Å². The summed E-state index contributed by atoms with van der Waals surface area (Å²) in [4.78, 5) is 19.3. The van der Waals surface area contributed by atoms with Crippen molar-refractivity contribution < 1.29 is 9.53 Å². The highest BCUT2D eigenvalue weighted by molar-refractivity contribution is 8.18.